The van der Waals surface area contributed by atoms with Crippen molar-refractivity contribution in [3.05, 3.63) is 46.6 Å². The highest BCUT2D eigenvalue weighted by Crippen LogP contribution is 2.46. The van der Waals surface area contributed by atoms with E-state index >= 15 is 0 Å². The van der Waals surface area contributed by atoms with Crippen molar-refractivity contribution >= 4 is 11.5 Å². The Hall–Kier alpha value is -2.56. The molecule has 2 atom stereocenters. The van der Waals surface area contributed by atoms with Crippen molar-refractivity contribution < 1.29 is 14.3 Å². The van der Waals surface area contributed by atoms with Gasteiger partial charge in [-0.3, -0.25) is 9.79 Å². The molecule has 1 aliphatic carbocycles. The first-order valence-electron chi connectivity index (χ1n) is 9.06. The number of nitrogens with two attached hydrogens (primary N) is 1. The lowest BCUT2D eigenvalue weighted by Crippen LogP contribution is -2.43. The van der Waals surface area contributed by atoms with Gasteiger partial charge in [0, 0.05) is 36.7 Å². The summed E-state index contributed by atoms with van der Waals surface area (Å²) in [6.07, 6.45) is 3.90. The van der Waals surface area contributed by atoms with E-state index in [1.807, 2.05) is 0 Å². The van der Waals surface area contributed by atoms with Gasteiger partial charge in [-0.2, -0.15) is 9.99 Å². The van der Waals surface area contributed by atoms with Crippen LogP contribution in [0.25, 0.3) is 0 Å². The molecule has 7 nitrogen and oxygen atoms in total. The molecule has 1 saturated carbocycles. The molecule has 0 saturated heterocycles. The molecule has 1 aliphatic heterocycles. The second kappa shape index (κ2) is 7.59. The zero-order chi connectivity index (χ0) is 19.6. The molecular weight excluding hydrogens is 344 g/mol. The summed E-state index contributed by atoms with van der Waals surface area (Å²) in [6.45, 7) is 5.03. The lowest BCUT2D eigenvalue weighted by molar-refractivity contribution is -0.605. The fourth-order valence-electron chi connectivity index (χ4n) is 3.98. The second-order valence-electron chi connectivity index (χ2n) is 7.85. The zero-order valence-electron chi connectivity index (χ0n) is 15.6. The number of aliphatic imine (C=N–C) groups is 1. The third-order valence-electron chi connectivity index (χ3n) is 5.06. The van der Waals surface area contributed by atoms with Gasteiger partial charge in [0.15, 0.2) is 12.4 Å². The van der Waals surface area contributed by atoms with Crippen molar-refractivity contribution in [3.8, 4) is 6.07 Å². The average molecular weight is 368 g/mol. The van der Waals surface area contributed by atoms with Gasteiger partial charge < -0.3 is 15.7 Å². The van der Waals surface area contributed by atoms with Crippen molar-refractivity contribution in [2.24, 2.45) is 22.1 Å². The van der Waals surface area contributed by atoms with Crippen LogP contribution in [0.15, 0.2) is 40.8 Å². The smallest absolute Gasteiger partial charge is 0.180 e. The molecule has 0 aromatic carbocycles. The number of hydrogen-bond acceptors (Lipinski definition) is 6. The quantitative estimate of drug-likeness (QED) is 0.482. The lowest BCUT2D eigenvalue weighted by Gasteiger charge is -2.40. The number of ketones is 1. The van der Waals surface area contributed by atoms with E-state index in [2.05, 4.69) is 24.9 Å². The average Bonchev–Trinajstić information content (AvgIpc) is 2.60. The van der Waals surface area contributed by atoms with Gasteiger partial charge in [0.1, 0.15) is 5.78 Å². The Morgan fingerprint density at radius 2 is 2.07 bits per heavy atom. The van der Waals surface area contributed by atoms with Crippen LogP contribution in [-0.4, -0.2) is 31.3 Å². The van der Waals surface area contributed by atoms with Crippen LogP contribution in [0.3, 0.4) is 0 Å². The molecule has 2 N–H and O–H groups in total. The minimum Gasteiger partial charge on any atom is -0.619 e. The first kappa shape index (κ1) is 19.2. The zero-order valence-corrected chi connectivity index (χ0v) is 15.6. The van der Waals surface area contributed by atoms with Crippen LogP contribution >= 0.6 is 0 Å². The van der Waals surface area contributed by atoms with Crippen LogP contribution in [0.4, 0.5) is 0 Å². The molecule has 1 aromatic rings. The Kier molecular flexibility index (Phi) is 5.40. The summed E-state index contributed by atoms with van der Waals surface area (Å²) in [5.41, 5.74) is 7.85. The van der Waals surface area contributed by atoms with Gasteiger partial charge in [0.2, 0.25) is 0 Å². The maximum absolute atomic E-state index is 13.0. The van der Waals surface area contributed by atoms with Crippen LogP contribution in [0.5, 0.6) is 0 Å². The summed E-state index contributed by atoms with van der Waals surface area (Å²) in [5, 5.41) is 21.3. The number of hydrogen-bond donors (Lipinski definition) is 1. The van der Waals surface area contributed by atoms with Gasteiger partial charge in [-0.15, -0.1) is 0 Å². The number of Topliss-reactive ketones (excluding diaryl/α,β-unsaturated/α-hetero) is 1. The van der Waals surface area contributed by atoms with Gasteiger partial charge >= 0.3 is 0 Å². The molecule has 0 amide bonds. The number of allylic oxidation sites excluding steroid dienone is 1. The largest absolute Gasteiger partial charge is 0.619 e. The third kappa shape index (κ3) is 3.92. The van der Waals surface area contributed by atoms with Gasteiger partial charge in [0.05, 0.1) is 36.5 Å². The maximum atomic E-state index is 13.0. The number of rotatable bonds is 5. The minimum absolute atomic E-state index is 0.0866. The fourth-order valence-corrected chi connectivity index (χ4v) is 3.98. The summed E-state index contributed by atoms with van der Waals surface area (Å²) in [5.74, 6) is -0.819. The molecule has 2 heterocycles. The topological polar surface area (TPSA) is 115 Å². The Balaban J connectivity index is 2.09. The Bertz CT molecular complexity index is 834. The van der Waals surface area contributed by atoms with Crippen molar-refractivity contribution in [1.29, 1.82) is 5.26 Å². The number of carbonyl (C=O) groups is 1. The normalized spacial score (nSPS) is 24.2. The predicted molar refractivity (Wildman–Crippen MR) is 99.6 cm³/mol. The van der Waals surface area contributed by atoms with Crippen LogP contribution in [0, 0.1) is 27.9 Å². The molecule has 0 spiro atoms. The van der Waals surface area contributed by atoms with Gasteiger partial charge in [-0.25, -0.2) is 0 Å². The number of carbonyl (C=O) groups excluding carboxylic acids is 1. The molecule has 7 heteroatoms. The maximum Gasteiger partial charge on any atom is 0.180 e. The van der Waals surface area contributed by atoms with E-state index in [1.165, 1.54) is 12.4 Å². The van der Waals surface area contributed by atoms with Crippen molar-refractivity contribution in [3.63, 3.8) is 0 Å². The van der Waals surface area contributed by atoms with Gasteiger partial charge in [0.25, 0.3) is 0 Å². The van der Waals surface area contributed by atoms with Crippen molar-refractivity contribution in [1.82, 2.24) is 0 Å². The van der Waals surface area contributed by atoms with Crippen LogP contribution in [0.2, 0.25) is 0 Å². The summed E-state index contributed by atoms with van der Waals surface area (Å²) in [6, 6.07) is 5.58. The highest BCUT2D eigenvalue weighted by atomic mass is 16.5. The number of nitrogens with zero attached hydrogens (tertiary/aromatic N) is 3. The van der Waals surface area contributed by atoms with Gasteiger partial charge in [-0.1, -0.05) is 13.8 Å². The van der Waals surface area contributed by atoms with E-state index < -0.39 is 11.8 Å². The number of aromatic nitrogens is 1. The molecule has 142 valence electrons. The Labute approximate surface area is 158 Å². The SMILES string of the molecule is CC1(C)CC(=O)C2C(=NC(COCCN)=C(C#N)C2c2cc[n+]([O-])cc2)C1. The van der Waals surface area contributed by atoms with Gasteiger partial charge in [-0.05, 0) is 17.4 Å². The van der Waals surface area contributed by atoms with Crippen molar-refractivity contribution in [2.45, 2.75) is 32.6 Å². The summed E-state index contributed by atoms with van der Waals surface area (Å²) < 4.78 is 6.22. The standard InChI is InChI=1S/C20H24N4O3/c1-20(2)9-15-19(17(25)10-20)18(13-3-6-24(26)7-4-13)14(11-22)16(23-15)12-27-8-5-21/h3-4,6-7,18-19H,5,8-10,12,21H2,1-2H3. The molecule has 3 rings (SSSR count). The molecule has 0 bridgehead atoms. The molecule has 0 radical (unpaired) electrons. The number of nitriles is 1. The van der Waals surface area contributed by atoms with Crippen molar-refractivity contribution in [2.75, 3.05) is 19.8 Å². The predicted octanol–water partition coefficient (Wildman–Crippen LogP) is 1.62. The Morgan fingerprint density at radius 3 is 2.70 bits per heavy atom. The lowest BCUT2D eigenvalue weighted by atomic mass is 9.63. The fraction of sp³-hybridized carbons (Fsp3) is 0.500. The van der Waals surface area contributed by atoms with E-state index in [-0.39, 0.29) is 17.8 Å². The summed E-state index contributed by atoms with van der Waals surface area (Å²) in [4.78, 5) is 17.7. The first-order valence-corrected chi connectivity index (χ1v) is 9.06. The van der Waals surface area contributed by atoms with Crippen LogP contribution < -0.4 is 10.5 Å². The molecular formula is C20H24N4O3. The number of pyridine rings is 1. The van der Waals surface area contributed by atoms with E-state index in [1.54, 1.807) is 12.1 Å². The second-order valence-corrected chi connectivity index (χ2v) is 7.85. The van der Waals surface area contributed by atoms with Crippen LogP contribution in [0.1, 0.15) is 38.2 Å². The molecule has 2 aliphatic rings. The monoisotopic (exact) mass is 368 g/mol. The van der Waals surface area contributed by atoms with E-state index in [0.29, 0.717) is 42.0 Å². The molecule has 27 heavy (non-hydrogen) atoms. The molecule has 1 fully saturated rings. The summed E-state index contributed by atoms with van der Waals surface area (Å²) >= 11 is 0. The first-order chi connectivity index (χ1) is 12.9. The number of ether oxygens (including phenoxy) is 1. The van der Waals surface area contributed by atoms with Crippen LogP contribution in [-0.2, 0) is 9.53 Å². The van der Waals surface area contributed by atoms with E-state index in [4.69, 9.17) is 10.5 Å². The number of fused-ring (bicyclic) bond motifs is 1. The summed E-state index contributed by atoms with van der Waals surface area (Å²) in [7, 11) is 0. The molecule has 1 aromatic heterocycles. The minimum atomic E-state index is -0.464. The van der Waals surface area contributed by atoms with E-state index in [0.717, 1.165) is 11.3 Å². The molecule has 2 unspecified atom stereocenters. The third-order valence-corrected chi connectivity index (χ3v) is 5.06. The van der Waals surface area contributed by atoms with E-state index in [9.17, 15) is 15.3 Å². The highest BCUT2D eigenvalue weighted by Gasteiger charge is 2.46. The Morgan fingerprint density at radius 1 is 1.37 bits per heavy atom. The highest BCUT2D eigenvalue weighted by molar-refractivity contribution is 6.10.